The first-order chi connectivity index (χ1) is 9.31. The average molecular weight is 283 g/mol. The number of hydrogen-bond donors (Lipinski definition) is 0. The Bertz CT molecular complexity index is 516. The molecule has 0 unspecified atom stereocenters. The van der Waals surface area contributed by atoms with Crippen molar-refractivity contribution < 1.29 is 13.9 Å². The van der Waals surface area contributed by atoms with Gasteiger partial charge in [-0.3, -0.25) is 0 Å². The van der Waals surface area contributed by atoms with Crippen LogP contribution < -0.4 is 9.47 Å². The van der Waals surface area contributed by atoms with Gasteiger partial charge in [0.15, 0.2) is 6.61 Å². The van der Waals surface area contributed by atoms with Crippen LogP contribution >= 0.6 is 11.6 Å². The second-order valence-corrected chi connectivity index (χ2v) is 4.10. The summed E-state index contributed by atoms with van der Waals surface area (Å²) in [7, 11) is 0. The molecule has 2 aromatic rings. The number of ether oxygens (including phenoxy) is 2. The molecule has 0 amide bonds. The normalized spacial score (nSPS) is 10.4. The van der Waals surface area contributed by atoms with Gasteiger partial charge in [-0.1, -0.05) is 6.07 Å². The molecule has 2 rings (SSSR count). The Kier molecular flexibility index (Phi) is 5.03. The van der Waals surface area contributed by atoms with Crippen molar-refractivity contribution in [3.8, 4) is 11.5 Å². The Morgan fingerprint density at radius 2 is 1.89 bits per heavy atom. The van der Waals surface area contributed by atoms with Crippen molar-refractivity contribution in [1.82, 2.24) is 10.2 Å². The molecule has 0 saturated heterocycles. The Hall–Kier alpha value is -1.75. The van der Waals surface area contributed by atoms with Crippen LogP contribution in [0.5, 0.6) is 11.5 Å². The first-order valence-electron chi connectivity index (χ1n) is 6.04. The van der Waals surface area contributed by atoms with E-state index in [-0.39, 0.29) is 6.61 Å². The minimum atomic E-state index is 0.227. The van der Waals surface area contributed by atoms with Gasteiger partial charge in [-0.2, -0.15) is 0 Å². The van der Waals surface area contributed by atoms with E-state index in [9.17, 15) is 0 Å². The van der Waals surface area contributed by atoms with Crippen LogP contribution in [0.4, 0.5) is 0 Å². The maximum absolute atomic E-state index is 5.59. The molecule has 1 heterocycles. The lowest BCUT2D eigenvalue weighted by molar-refractivity contribution is 0.257. The molecule has 0 N–H and O–H groups in total. The number of aromatic nitrogens is 2. The topological polar surface area (TPSA) is 57.4 Å². The van der Waals surface area contributed by atoms with Gasteiger partial charge in [0, 0.05) is 18.4 Å². The van der Waals surface area contributed by atoms with Crippen LogP contribution in [0.15, 0.2) is 28.7 Å². The van der Waals surface area contributed by atoms with E-state index in [0.29, 0.717) is 36.4 Å². The van der Waals surface area contributed by atoms with Gasteiger partial charge in [-0.25, -0.2) is 0 Å². The van der Waals surface area contributed by atoms with E-state index < -0.39 is 0 Å². The summed E-state index contributed by atoms with van der Waals surface area (Å²) in [5, 5.41) is 7.74. The van der Waals surface area contributed by atoms with E-state index in [1.165, 1.54) is 0 Å². The number of alkyl halides is 1. The Morgan fingerprint density at radius 1 is 1.16 bits per heavy atom. The Morgan fingerprint density at radius 3 is 2.63 bits per heavy atom. The SMILES string of the molecule is CCOc1cccc(OCc2nnc(CCCl)o2)c1. The molecule has 0 spiro atoms. The summed E-state index contributed by atoms with van der Waals surface area (Å²) in [5.74, 6) is 2.88. The van der Waals surface area contributed by atoms with Crippen LogP contribution in [0.2, 0.25) is 0 Å². The predicted octanol–water partition coefficient (Wildman–Crippen LogP) is 2.83. The van der Waals surface area contributed by atoms with Crippen LogP contribution in [-0.4, -0.2) is 22.7 Å². The van der Waals surface area contributed by atoms with Gasteiger partial charge in [0.05, 0.1) is 6.61 Å². The van der Waals surface area contributed by atoms with Crippen molar-refractivity contribution in [2.45, 2.75) is 20.0 Å². The van der Waals surface area contributed by atoms with Gasteiger partial charge >= 0.3 is 0 Å². The molecule has 6 heteroatoms. The molecule has 0 aliphatic heterocycles. The van der Waals surface area contributed by atoms with Gasteiger partial charge in [0.25, 0.3) is 5.89 Å². The molecule has 0 atom stereocenters. The molecule has 1 aromatic carbocycles. The lowest BCUT2D eigenvalue weighted by Gasteiger charge is -2.06. The molecule has 0 radical (unpaired) electrons. The summed E-state index contributed by atoms with van der Waals surface area (Å²) < 4.78 is 16.3. The molecule has 19 heavy (non-hydrogen) atoms. The number of nitrogens with zero attached hydrogens (tertiary/aromatic N) is 2. The van der Waals surface area contributed by atoms with E-state index in [1.807, 2.05) is 31.2 Å². The number of hydrogen-bond acceptors (Lipinski definition) is 5. The summed E-state index contributed by atoms with van der Waals surface area (Å²) in [6.07, 6.45) is 0.564. The van der Waals surface area contributed by atoms with Crippen LogP contribution in [0.3, 0.4) is 0 Å². The molecular formula is C13H15ClN2O3. The van der Waals surface area contributed by atoms with Crippen LogP contribution in [0, 0.1) is 0 Å². The van der Waals surface area contributed by atoms with E-state index >= 15 is 0 Å². The number of rotatable bonds is 7. The average Bonchev–Trinajstić information content (AvgIpc) is 2.86. The minimum Gasteiger partial charge on any atom is -0.494 e. The van der Waals surface area contributed by atoms with Crippen LogP contribution in [0.1, 0.15) is 18.7 Å². The zero-order valence-corrected chi connectivity index (χ0v) is 11.4. The van der Waals surface area contributed by atoms with Crippen molar-refractivity contribution in [2.24, 2.45) is 0 Å². The van der Waals surface area contributed by atoms with Crippen LogP contribution in [-0.2, 0) is 13.0 Å². The number of halogens is 1. The molecule has 5 nitrogen and oxygen atoms in total. The summed E-state index contributed by atoms with van der Waals surface area (Å²) in [6.45, 7) is 2.78. The first kappa shape index (κ1) is 13.7. The van der Waals surface area contributed by atoms with Gasteiger partial charge in [0.2, 0.25) is 5.89 Å². The molecule has 102 valence electrons. The van der Waals surface area contributed by atoms with Crippen molar-refractivity contribution in [3.63, 3.8) is 0 Å². The van der Waals surface area contributed by atoms with Crippen LogP contribution in [0.25, 0.3) is 0 Å². The number of benzene rings is 1. The Labute approximate surface area is 116 Å². The summed E-state index contributed by atoms with van der Waals surface area (Å²) in [5.41, 5.74) is 0. The molecule has 0 aliphatic rings. The quantitative estimate of drug-likeness (QED) is 0.731. The maximum Gasteiger partial charge on any atom is 0.253 e. The molecular weight excluding hydrogens is 268 g/mol. The zero-order valence-electron chi connectivity index (χ0n) is 10.6. The highest BCUT2D eigenvalue weighted by atomic mass is 35.5. The fourth-order valence-electron chi connectivity index (χ4n) is 1.49. The minimum absolute atomic E-state index is 0.227. The summed E-state index contributed by atoms with van der Waals surface area (Å²) in [6, 6.07) is 7.41. The smallest absolute Gasteiger partial charge is 0.253 e. The molecule has 0 saturated carbocycles. The second-order valence-electron chi connectivity index (χ2n) is 3.73. The monoisotopic (exact) mass is 282 g/mol. The van der Waals surface area contributed by atoms with Crippen molar-refractivity contribution >= 4 is 11.6 Å². The lowest BCUT2D eigenvalue weighted by atomic mass is 10.3. The maximum atomic E-state index is 5.59. The summed E-state index contributed by atoms with van der Waals surface area (Å²) >= 11 is 5.59. The fourth-order valence-corrected chi connectivity index (χ4v) is 1.66. The van der Waals surface area contributed by atoms with Crippen molar-refractivity contribution in [3.05, 3.63) is 36.0 Å². The van der Waals surface area contributed by atoms with Gasteiger partial charge in [-0.05, 0) is 19.1 Å². The molecule has 1 aromatic heterocycles. The highest BCUT2D eigenvalue weighted by Crippen LogP contribution is 2.20. The standard InChI is InChI=1S/C13H15ClN2O3/c1-2-17-10-4-3-5-11(8-10)18-9-13-16-15-12(19-13)6-7-14/h3-5,8H,2,6-7,9H2,1H3. The van der Waals surface area contributed by atoms with Gasteiger partial charge in [-0.15, -0.1) is 21.8 Å². The van der Waals surface area contributed by atoms with Crippen molar-refractivity contribution in [1.29, 1.82) is 0 Å². The molecule has 0 aliphatic carbocycles. The van der Waals surface area contributed by atoms with E-state index in [0.717, 1.165) is 5.75 Å². The molecule has 0 fully saturated rings. The third-order valence-corrected chi connectivity index (χ3v) is 2.48. The van der Waals surface area contributed by atoms with Gasteiger partial charge < -0.3 is 13.9 Å². The first-order valence-corrected chi connectivity index (χ1v) is 6.58. The van der Waals surface area contributed by atoms with E-state index in [4.69, 9.17) is 25.5 Å². The highest BCUT2D eigenvalue weighted by Gasteiger charge is 2.06. The van der Waals surface area contributed by atoms with E-state index in [2.05, 4.69) is 10.2 Å². The van der Waals surface area contributed by atoms with Crippen molar-refractivity contribution in [2.75, 3.05) is 12.5 Å². The van der Waals surface area contributed by atoms with Gasteiger partial charge in [0.1, 0.15) is 11.5 Å². The third kappa shape index (κ3) is 4.13. The predicted molar refractivity (Wildman–Crippen MR) is 70.7 cm³/mol. The lowest BCUT2D eigenvalue weighted by Crippen LogP contribution is -1.97. The number of aryl methyl sites for hydroxylation is 1. The largest absolute Gasteiger partial charge is 0.494 e. The highest BCUT2D eigenvalue weighted by molar-refractivity contribution is 6.17. The summed E-state index contributed by atoms with van der Waals surface area (Å²) in [4.78, 5) is 0. The fraction of sp³-hybridized carbons (Fsp3) is 0.385. The van der Waals surface area contributed by atoms with E-state index in [1.54, 1.807) is 0 Å². The molecule has 0 bridgehead atoms. The third-order valence-electron chi connectivity index (χ3n) is 2.30. The second kappa shape index (κ2) is 6.99. The Balaban J connectivity index is 1.91. The zero-order chi connectivity index (χ0) is 13.5.